The molecule has 1 aliphatic heterocycles. The molecule has 0 bridgehead atoms. The minimum atomic E-state index is -0.0522. The SMILES string of the molecule is CC(N)C1CCCCN1C(=O)c1ccc(Cl)cc1Cl.Cl. The molecule has 3 nitrogen and oxygen atoms in total. The molecule has 112 valence electrons. The summed E-state index contributed by atoms with van der Waals surface area (Å²) in [5.41, 5.74) is 6.49. The van der Waals surface area contributed by atoms with Crippen molar-refractivity contribution >= 4 is 41.5 Å². The summed E-state index contributed by atoms with van der Waals surface area (Å²) in [6, 6.07) is 5.02. The van der Waals surface area contributed by atoms with E-state index in [9.17, 15) is 4.79 Å². The Kier molecular flexibility index (Phi) is 6.59. The van der Waals surface area contributed by atoms with Crippen LogP contribution in [0.25, 0.3) is 0 Å². The first-order chi connectivity index (χ1) is 9.00. The van der Waals surface area contributed by atoms with E-state index in [1.807, 2.05) is 11.8 Å². The van der Waals surface area contributed by atoms with Crippen molar-refractivity contribution in [3.8, 4) is 0 Å². The van der Waals surface area contributed by atoms with Crippen molar-refractivity contribution in [1.29, 1.82) is 0 Å². The Labute approximate surface area is 135 Å². The number of carbonyl (C=O) groups is 1. The lowest BCUT2D eigenvalue weighted by atomic mass is 9.96. The minimum Gasteiger partial charge on any atom is -0.334 e. The summed E-state index contributed by atoms with van der Waals surface area (Å²) >= 11 is 12.0. The fourth-order valence-corrected chi connectivity index (χ4v) is 3.06. The van der Waals surface area contributed by atoms with E-state index in [0.717, 1.165) is 25.8 Å². The molecular weight excluding hydrogens is 319 g/mol. The van der Waals surface area contributed by atoms with Crippen molar-refractivity contribution < 1.29 is 4.79 Å². The number of hydrogen-bond acceptors (Lipinski definition) is 2. The second-order valence-electron chi connectivity index (χ2n) is 5.04. The molecule has 20 heavy (non-hydrogen) atoms. The highest BCUT2D eigenvalue weighted by Gasteiger charge is 2.30. The third-order valence-corrected chi connectivity index (χ3v) is 4.13. The number of rotatable bonds is 2. The lowest BCUT2D eigenvalue weighted by molar-refractivity contribution is 0.0584. The first-order valence-corrected chi connectivity index (χ1v) is 7.28. The van der Waals surface area contributed by atoms with Gasteiger partial charge in [-0.05, 0) is 44.4 Å². The molecular formula is C14H19Cl3N2O. The fraction of sp³-hybridized carbons (Fsp3) is 0.500. The Balaban J connectivity index is 0.00000200. The molecule has 2 unspecified atom stereocenters. The summed E-state index contributed by atoms with van der Waals surface area (Å²) in [5, 5.41) is 0.926. The van der Waals surface area contributed by atoms with Crippen molar-refractivity contribution in [2.75, 3.05) is 6.54 Å². The van der Waals surface area contributed by atoms with Gasteiger partial charge in [0.2, 0.25) is 0 Å². The van der Waals surface area contributed by atoms with Gasteiger partial charge in [0, 0.05) is 23.7 Å². The maximum atomic E-state index is 12.6. The van der Waals surface area contributed by atoms with Crippen LogP contribution in [0.5, 0.6) is 0 Å². The van der Waals surface area contributed by atoms with Gasteiger partial charge in [0.05, 0.1) is 10.6 Å². The molecule has 0 aliphatic carbocycles. The molecule has 6 heteroatoms. The van der Waals surface area contributed by atoms with E-state index in [4.69, 9.17) is 28.9 Å². The molecule has 2 rings (SSSR count). The molecule has 1 aromatic rings. The molecule has 1 aliphatic rings. The van der Waals surface area contributed by atoms with Gasteiger partial charge in [0.15, 0.2) is 0 Å². The quantitative estimate of drug-likeness (QED) is 0.893. The van der Waals surface area contributed by atoms with Crippen LogP contribution in [0.1, 0.15) is 36.5 Å². The van der Waals surface area contributed by atoms with Crippen LogP contribution in [-0.4, -0.2) is 29.4 Å². The first-order valence-electron chi connectivity index (χ1n) is 6.52. The largest absolute Gasteiger partial charge is 0.334 e. The van der Waals surface area contributed by atoms with Gasteiger partial charge in [-0.2, -0.15) is 0 Å². The monoisotopic (exact) mass is 336 g/mol. The molecule has 1 fully saturated rings. The Morgan fingerprint density at radius 3 is 2.70 bits per heavy atom. The average molecular weight is 338 g/mol. The standard InChI is InChI=1S/C14H18Cl2N2O.ClH/c1-9(17)13-4-2-3-7-18(13)14(19)11-6-5-10(15)8-12(11)16;/h5-6,8-9,13H,2-4,7,17H2,1H3;1H. The molecule has 1 heterocycles. The number of nitrogens with zero attached hydrogens (tertiary/aromatic N) is 1. The zero-order valence-corrected chi connectivity index (χ0v) is 13.6. The number of halogens is 3. The minimum absolute atomic E-state index is 0. The van der Waals surface area contributed by atoms with Crippen LogP contribution in [-0.2, 0) is 0 Å². The van der Waals surface area contributed by atoms with E-state index in [2.05, 4.69) is 0 Å². The normalized spacial score (nSPS) is 20.2. The van der Waals surface area contributed by atoms with Gasteiger partial charge >= 0.3 is 0 Å². The summed E-state index contributed by atoms with van der Waals surface area (Å²) in [6.45, 7) is 2.68. The zero-order valence-electron chi connectivity index (χ0n) is 11.3. The van der Waals surface area contributed by atoms with Gasteiger partial charge < -0.3 is 10.6 Å². The summed E-state index contributed by atoms with van der Waals surface area (Å²) in [6.07, 6.45) is 3.08. The summed E-state index contributed by atoms with van der Waals surface area (Å²) in [4.78, 5) is 14.4. The van der Waals surface area contributed by atoms with Gasteiger partial charge in [-0.1, -0.05) is 23.2 Å². The summed E-state index contributed by atoms with van der Waals surface area (Å²) in [7, 11) is 0. The van der Waals surface area contributed by atoms with Crippen LogP contribution in [0.4, 0.5) is 0 Å². The first kappa shape index (κ1) is 17.6. The highest BCUT2D eigenvalue weighted by Crippen LogP contribution is 2.26. The van der Waals surface area contributed by atoms with E-state index in [1.165, 1.54) is 0 Å². The highest BCUT2D eigenvalue weighted by atomic mass is 35.5. The molecule has 1 saturated heterocycles. The Morgan fingerprint density at radius 2 is 2.10 bits per heavy atom. The van der Waals surface area contributed by atoms with Gasteiger partial charge in [-0.25, -0.2) is 0 Å². The number of likely N-dealkylation sites (tertiary alicyclic amines) is 1. The second-order valence-corrected chi connectivity index (χ2v) is 5.89. The topological polar surface area (TPSA) is 46.3 Å². The van der Waals surface area contributed by atoms with Crippen LogP contribution in [0, 0.1) is 0 Å². The third-order valence-electron chi connectivity index (χ3n) is 3.58. The van der Waals surface area contributed by atoms with E-state index in [0.29, 0.717) is 15.6 Å². The lowest BCUT2D eigenvalue weighted by Crippen LogP contribution is -2.51. The zero-order chi connectivity index (χ0) is 14.0. The third kappa shape index (κ3) is 3.79. The number of benzene rings is 1. The summed E-state index contributed by atoms with van der Waals surface area (Å²) < 4.78 is 0. The average Bonchev–Trinajstić information content (AvgIpc) is 2.38. The van der Waals surface area contributed by atoms with Crippen molar-refractivity contribution in [3.05, 3.63) is 33.8 Å². The smallest absolute Gasteiger partial charge is 0.255 e. The predicted octanol–water partition coefficient (Wildman–Crippen LogP) is 3.76. The van der Waals surface area contributed by atoms with Gasteiger partial charge in [-0.15, -0.1) is 12.4 Å². The van der Waals surface area contributed by atoms with Crippen molar-refractivity contribution in [3.63, 3.8) is 0 Å². The van der Waals surface area contributed by atoms with Gasteiger partial charge in [0.1, 0.15) is 0 Å². The van der Waals surface area contributed by atoms with Crippen LogP contribution >= 0.6 is 35.6 Å². The number of carbonyl (C=O) groups excluding carboxylic acids is 1. The van der Waals surface area contributed by atoms with E-state index in [-0.39, 0.29) is 30.4 Å². The van der Waals surface area contributed by atoms with Crippen LogP contribution in [0.3, 0.4) is 0 Å². The summed E-state index contributed by atoms with van der Waals surface area (Å²) in [5.74, 6) is -0.0522. The van der Waals surface area contributed by atoms with E-state index >= 15 is 0 Å². The van der Waals surface area contributed by atoms with Gasteiger partial charge in [-0.3, -0.25) is 4.79 Å². The Morgan fingerprint density at radius 1 is 1.40 bits per heavy atom. The van der Waals surface area contributed by atoms with Crippen molar-refractivity contribution in [1.82, 2.24) is 4.90 Å². The molecule has 1 aromatic carbocycles. The maximum Gasteiger partial charge on any atom is 0.255 e. The predicted molar refractivity (Wildman–Crippen MR) is 86.0 cm³/mol. The van der Waals surface area contributed by atoms with E-state index in [1.54, 1.807) is 18.2 Å². The van der Waals surface area contributed by atoms with Crippen molar-refractivity contribution in [2.24, 2.45) is 5.73 Å². The molecule has 2 N–H and O–H groups in total. The molecule has 0 saturated carbocycles. The number of amides is 1. The number of piperidine rings is 1. The van der Waals surface area contributed by atoms with Crippen LogP contribution in [0.2, 0.25) is 10.0 Å². The Bertz CT molecular complexity index is 479. The van der Waals surface area contributed by atoms with Crippen molar-refractivity contribution in [2.45, 2.75) is 38.3 Å². The van der Waals surface area contributed by atoms with Crippen LogP contribution in [0.15, 0.2) is 18.2 Å². The maximum absolute atomic E-state index is 12.6. The molecule has 2 atom stereocenters. The molecule has 1 amide bonds. The highest BCUT2D eigenvalue weighted by molar-refractivity contribution is 6.36. The number of hydrogen-bond donors (Lipinski definition) is 1. The number of nitrogens with two attached hydrogens (primary N) is 1. The molecule has 0 spiro atoms. The van der Waals surface area contributed by atoms with Crippen LogP contribution < -0.4 is 5.73 Å². The molecule has 0 radical (unpaired) electrons. The Hall–Kier alpha value is -0.480. The van der Waals surface area contributed by atoms with Gasteiger partial charge in [0.25, 0.3) is 5.91 Å². The molecule has 0 aromatic heterocycles. The second kappa shape index (κ2) is 7.51. The lowest BCUT2D eigenvalue weighted by Gasteiger charge is -2.38. The fourth-order valence-electron chi connectivity index (χ4n) is 2.57. The van der Waals surface area contributed by atoms with E-state index < -0.39 is 0 Å².